The smallest absolute Gasteiger partial charge is 0.296 e. The van der Waals surface area contributed by atoms with E-state index in [9.17, 15) is 15.2 Å². The maximum atomic E-state index is 11.0. The molecular weight excluding hydrogens is 276 g/mol. The molecule has 1 aromatic heterocycles. The molecule has 1 unspecified atom stereocenters. The minimum atomic E-state index is -0.499. The molecule has 6 heteroatoms. The molecular formula is C14H16N2O3S. The first-order valence-corrected chi connectivity index (χ1v) is 7.15. The van der Waals surface area contributed by atoms with Crippen LogP contribution in [0.5, 0.6) is 5.75 Å². The molecule has 0 radical (unpaired) electrons. The van der Waals surface area contributed by atoms with Gasteiger partial charge in [-0.25, -0.2) is 0 Å². The lowest BCUT2D eigenvalue weighted by Crippen LogP contribution is -2.06. The van der Waals surface area contributed by atoms with Crippen LogP contribution in [0, 0.1) is 10.1 Å². The fourth-order valence-electron chi connectivity index (χ4n) is 1.91. The zero-order valence-corrected chi connectivity index (χ0v) is 12.1. The average Bonchev–Trinajstić information content (AvgIpc) is 2.89. The summed E-state index contributed by atoms with van der Waals surface area (Å²) in [6, 6.07) is 8.20. The van der Waals surface area contributed by atoms with Gasteiger partial charge in [-0.15, -0.1) is 11.3 Å². The highest BCUT2D eigenvalue weighted by atomic mass is 32.1. The van der Waals surface area contributed by atoms with Crippen molar-refractivity contribution < 1.29 is 10.0 Å². The number of phenolic OH excluding ortho intramolecular Hbond substituents is 1. The van der Waals surface area contributed by atoms with E-state index in [1.54, 1.807) is 11.3 Å². The van der Waals surface area contributed by atoms with E-state index in [0.29, 0.717) is 5.69 Å². The van der Waals surface area contributed by atoms with Crippen LogP contribution in [0.25, 0.3) is 0 Å². The molecule has 1 aromatic carbocycles. The predicted molar refractivity (Wildman–Crippen MR) is 80.5 cm³/mol. The Balaban J connectivity index is 2.23. The highest BCUT2D eigenvalue weighted by molar-refractivity contribution is 7.12. The number of hydrogen-bond acceptors (Lipinski definition) is 5. The number of nitrogens with one attached hydrogen (secondary N) is 1. The predicted octanol–water partition coefficient (Wildman–Crippen LogP) is 4.10. The molecule has 0 bridgehead atoms. The van der Waals surface area contributed by atoms with Crippen LogP contribution >= 0.6 is 11.3 Å². The Morgan fingerprint density at radius 3 is 2.75 bits per heavy atom. The van der Waals surface area contributed by atoms with Crippen LogP contribution in [0.1, 0.15) is 29.6 Å². The number of aryl methyl sites for hydroxylation is 1. The van der Waals surface area contributed by atoms with E-state index in [0.717, 1.165) is 17.4 Å². The molecule has 2 aromatic rings. The number of benzene rings is 1. The largest absolute Gasteiger partial charge is 0.508 e. The van der Waals surface area contributed by atoms with Gasteiger partial charge in [-0.1, -0.05) is 6.92 Å². The van der Waals surface area contributed by atoms with Crippen molar-refractivity contribution in [2.24, 2.45) is 0 Å². The molecule has 0 saturated heterocycles. The average molecular weight is 292 g/mol. The van der Waals surface area contributed by atoms with Crippen molar-refractivity contribution >= 4 is 22.7 Å². The summed E-state index contributed by atoms with van der Waals surface area (Å²) in [5, 5.41) is 23.5. The number of rotatable bonds is 5. The molecule has 0 amide bonds. The molecule has 0 aliphatic heterocycles. The SMILES string of the molecule is CCc1ccc(C(C)Nc2ccc(O)cc2[N+](=O)[O-])s1. The Bertz CT molecular complexity index is 625. The summed E-state index contributed by atoms with van der Waals surface area (Å²) in [5.74, 6) is -0.112. The molecule has 0 aliphatic rings. The topological polar surface area (TPSA) is 75.4 Å². The van der Waals surface area contributed by atoms with Crippen molar-refractivity contribution in [2.75, 3.05) is 5.32 Å². The van der Waals surface area contributed by atoms with Gasteiger partial charge in [-0.3, -0.25) is 10.1 Å². The summed E-state index contributed by atoms with van der Waals surface area (Å²) in [4.78, 5) is 12.9. The molecule has 0 fully saturated rings. The van der Waals surface area contributed by atoms with Crippen molar-refractivity contribution in [3.8, 4) is 5.75 Å². The minimum absolute atomic E-state index is 0.0245. The second-order valence-electron chi connectivity index (χ2n) is 4.48. The quantitative estimate of drug-likeness (QED) is 0.494. The Morgan fingerprint density at radius 2 is 2.15 bits per heavy atom. The second kappa shape index (κ2) is 5.92. The zero-order chi connectivity index (χ0) is 14.7. The summed E-state index contributed by atoms with van der Waals surface area (Å²) in [6.45, 7) is 4.06. The van der Waals surface area contributed by atoms with Gasteiger partial charge in [0.2, 0.25) is 0 Å². The minimum Gasteiger partial charge on any atom is -0.508 e. The number of nitrogens with zero attached hydrogens (tertiary/aromatic N) is 1. The lowest BCUT2D eigenvalue weighted by Gasteiger charge is -2.14. The van der Waals surface area contributed by atoms with Gasteiger partial charge in [0.25, 0.3) is 5.69 Å². The van der Waals surface area contributed by atoms with E-state index in [4.69, 9.17) is 0 Å². The Kier molecular flexibility index (Phi) is 4.24. The third-order valence-electron chi connectivity index (χ3n) is 3.01. The molecule has 2 rings (SSSR count). The van der Waals surface area contributed by atoms with Crippen molar-refractivity contribution in [3.05, 3.63) is 50.2 Å². The van der Waals surface area contributed by atoms with Crippen LogP contribution in [0.4, 0.5) is 11.4 Å². The van der Waals surface area contributed by atoms with Gasteiger partial charge in [0.15, 0.2) is 0 Å². The third-order valence-corrected chi connectivity index (χ3v) is 4.42. The first-order chi connectivity index (χ1) is 9.51. The maximum Gasteiger partial charge on any atom is 0.296 e. The third kappa shape index (κ3) is 3.08. The summed E-state index contributed by atoms with van der Waals surface area (Å²) >= 11 is 1.70. The van der Waals surface area contributed by atoms with E-state index in [1.807, 2.05) is 13.0 Å². The normalized spacial score (nSPS) is 12.1. The van der Waals surface area contributed by atoms with Gasteiger partial charge in [-0.05, 0) is 37.6 Å². The van der Waals surface area contributed by atoms with Crippen LogP contribution in [-0.2, 0) is 6.42 Å². The summed E-state index contributed by atoms with van der Waals surface area (Å²) in [5.41, 5.74) is 0.288. The molecule has 0 spiro atoms. The Morgan fingerprint density at radius 1 is 1.40 bits per heavy atom. The van der Waals surface area contributed by atoms with Crippen molar-refractivity contribution in [3.63, 3.8) is 0 Å². The number of nitro groups is 1. The van der Waals surface area contributed by atoms with Gasteiger partial charge >= 0.3 is 0 Å². The van der Waals surface area contributed by atoms with E-state index < -0.39 is 4.92 Å². The van der Waals surface area contributed by atoms with Gasteiger partial charge in [-0.2, -0.15) is 0 Å². The lowest BCUT2D eigenvalue weighted by atomic mass is 10.2. The number of anilines is 1. The highest BCUT2D eigenvalue weighted by Gasteiger charge is 2.17. The summed E-state index contributed by atoms with van der Waals surface area (Å²) in [6.07, 6.45) is 0.983. The van der Waals surface area contributed by atoms with Gasteiger partial charge in [0.05, 0.1) is 17.0 Å². The van der Waals surface area contributed by atoms with Crippen LogP contribution in [-0.4, -0.2) is 10.0 Å². The zero-order valence-electron chi connectivity index (χ0n) is 11.3. The van der Waals surface area contributed by atoms with E-state index in [2.05, 4.69) is 18.3 Å². The Labute approximate surface area is 121 Å². The van der Waals surface area contributed by atoms with Crippen molar-refractivity contribution in [1.82, 2.24) is 0 Å². The molecule has 1 atom stereocenters. The van der Waals surface area contributed by atoms with Crippen LogP contribution < -0.4 is 5.32 Å². The fraction of sp³-hybridized carbons (Fsp3) is 0.286. The van der Waals surface area contributed by atoms with E-state index in [-0.39, 0.29) is 17.5 Å². The standard InChI is InChI=1S/C14H16N2O3S/c1-3-11-5-7-14(20-11)9(2)15-12-6-4-10(17)8-13(12)16(18)19/h4-9,15,17H,3H2,1-2H3. The molecule has 0 saturated carbocycles. The van der Waals surface area contributed by atoms with Gasteiger partial charge < -0.3 is 10.4 Å². The molecule has 5 nitrogen and oxygen atoms in total. The Hall–Kier alpha value is -2.08. The molecule has 0 aliphatic carbocycles. The van der Waals surface area contributed by atoms with Gasteiger partial charge in [0.1, 0.15) is 11.4 Å². The molecule has 1 heterocycles. The number of aromatic hydroxyl groups is 1. The first-order valence-electron chi connectivity index (χ1n) is 6.33. The monoisotopic (exact) mass is 292 g/mol. The molecule has 106 valence electrons. The van der Waals surface area contributed by atoms with E-state index >= 15 is 0 Å². The first kappa shape index (κ1) is 14.3. The molecule has 2 N–H and O–H groups in total. The van der Waals surface area contributed by atoms with Gasteiger partial charge in [0, 0.05) is 9.75 Å². The van der Waals surface area contributed by atoms with Crippen LogP contribution in [0.3, 0.4) is 0 Å². The number of hydrogen-bond donors (Lipinski definition) is 2. The van der Waals surface area contributed by atoms with Crippen LogP contribution in [0.15, 0.2) is 30.3 Å². The maximum absolute atomic E-state index is 11.0. The summed E-state index contributed by atoms with van der Waals surface area (Å²) < 4.78 is 0. The number of thiophene rings is 1. The van der Waals surface area contributed by atoms with Crippen molar-refractivity contribution in [2.45, 2.75) is 26.3 Å². The lowest BCUT2D eigenvalue weighted by molar-refractivity contribution is -0.384. The highest BCUT2D eigenvalue weighted by Crippen LogP contribution is 2.33. The second-order valence-corrected chi connectivity index (χ2v) is 5.68. The number of nitro benzene ring substituents is 1. The van der Waals surface area contributed by atoms with Crippen molar-refractivity contribution in [1.29, 1.82) is 0 Å². The number of phenols is 1. The fourth-order valence-corrected chi connectivity index (χ4v) is 2.87. The summed E-state index contributed by atoms with van der Waals surface area (Å²) in [7, 11) is 0. The van der Waals surface area contributed by atoms with Crippen LogP contribution in [0.2, 0.25) is 0 Å². The molecule has 20 heavy (non-hydrogen) atoms. The van der Waals surface area contributed by atoms with E-state index in [1.165, 1.54) is 17.0 Å².